The average molecular weight is 332 g/mol. The van der Waals surface area contributed by atoms with Crippen LogP contribution in [0.2, 0.25) is 0 Å². The molecule has 100 valence electrons. The van der Waals surface area contributed by atoms with Crippen LogP contribution in [0.3, 0.4) is 0 Å². The first-order valence-corrected chi connectivity index (χ1v) is 8.93. The molecule has 2 rings (SSSR count). The number of nitrogens with zero attached hydrogens (tertiary/aromatic N) is 1. The molecule has 0 unspecified atom stereocenters. The summed E-state index contributed by atoms with van der Waals surface area (Å²) in [5.41, 5.74) is 2.34. The highest BCUT2D eigenvalue weighted by atomic mass is 79.9. The highest BCUT2D eigenvalue weighted by Gasteiger charge is 2.36. The van der Waals surface area contributed by atoms with Crippen LogP contribution < -0.4 is 0 Å². The molecule has 0 aliphatic heterocycles. The van der Waals surface area contributed by atoms with Gasteiger partial charge >= 0.3 is 0 Å². The van der Waals surface area contributed by atoms with E-state index in [2.05, 4.69) is 35.0 Å². The van der Waals surface area contributed by atoms with Crippen LogP contribution in [-0.4, -0.2) is 23.4 Å². The molecule has 0 amide bonds. The topological polar surface area (TPSA) is 37.4 Å². The zero-order valence-corrected chi connectivity index (χ0v) is 12.9. The van der Waals surface area contributed by atoms with Gasteiger partial charge in [0.1, 0.15) is 4.66 Å². The molecule has 1 aliphatic rings. The van der Waals surface area contributed by atoms with E-state index in [1.807, 2.05) is 12.1 Å². The zero-order chi connectivity index (χ0) is 13.2. The van der Waals surface area contributed by atoms with Crippen LogP contribution in [0.1, 0.15) is 30.9 Å². The molecule has 5 heteroatoms. The van der Waals surface area contributed by atoms with Crippen molar-refractivity contribution in [2.24, 2.45) is 0 Å². The summed E-state index contributed by atoms with van der Waals surface area (Å²) in [4.78, 5) is 0. The third-order valence-electron chi connectivity index (χ3n) is 3.22. The smallest absolute Gasteiger partial charge is 0.211 e. The Balaban J connectivity index is 2.13. The minimum atomic E-state index is -3.16. The maximum Gasteiger partial charge on any atom is 0.224 e. The second-order valence-corrected chi connectivity index (χ2v) is 7.89. The molecule has 1 saturated carbocycles. The van der Waals surface area contributed by atoms with E-state index in [4.69, 9.17) is 0 Å². The Morgan fingerprint density at radius 1 is 1.22 bits per heavy atom. The molecular formula is C13H18BrNO2S. The summed E-state index contributed by atoms with van der Waals surface area (Å²) in [6, 6.07) is 8.40. The first-order chi connectivity index (χ1) is 8.56. The molecule has 0 N–H and O–H groups in total. The molecule has 1 aromatic carbocycles. The lowest BCUT2D eigenvalue weighted by atomic mass is 10.1. The van der Waals surface area contributed by atoms with E-state index in [0.717, 1.165) is 24.8 Å². The van der Waals surface area contributed by atoms with Crippen molar-refractivity contribution in [2.45, 2.75) is 38.8 Å². The monoisotopic (exact) mass is 331 g/mol. The third-order valence-corrected chi connectivity index (χ3v) is 6.37. The first kappa shape index (κ1) is 14.0. The number of halogens is 1. The Hall–Kier alpha value is -0.390. The Kier molecular flexibility index (Phi) is 4.45. The molecule has 0 aromatic heterocycles. The number of aryl methyl sites for hydroxylation is 1. The normalized spacial score (nSPS) is 16.2. The summed E-state index contributed by atoms with van der Waals surface area (Å²) in [7, 11) is -3.16. The Labute approximate surface area is 117 Å². The van der Waals surface area contributed by atoms with Gasteiger partial charge in [0, 0.05) is 12.6 Å². The number of alkyl halides is 1. The van der Waals surface area contributed by atoms with Crippen LogP contribution in [0, 0.1) is 0 Å². The largest absolute Gasteiger partial charge is 0.224 e. The minimum absolute atomic E-state index is 0.00352. The van der Waals surface area contributed by atoms with Gasteiger partial charge in [-0.3, -0.25) is 0 Å². The molecule has 0 saturated heterocycles. The summed E-state index contributed by atoms with van der Waals surface area (Å²) in [6.45, 7) is 2.60. The molecular weight excluding hydrogens is 314 g/mol. The first-order valence-electron chi connectivity index (χ1n) is 6.20. The summed E-state index contributed by atoms with van der Waals surface area (Å²) in [5.74, 6) is 0. The quantitative estimate of drug-likeness (QED) is 0.751. The highest BCUT2D eigenvalue weighted by molar-refractivity contribution is 9.10. The molecule has 0 atom stereocenters. The van der Waals surface area contributed by atoms with Gasteiger partial charge in [-0.25, -0.2) is 8.42 Å². The summed E-state index contributed by atoms with van der Waals surface area (Å²) < 4.78 is 25.6. The van der Waals surface area contributed by atoms with Gasteiger partial charge in [0.2, 0.25) is 10.0 Å². The lowest BCUT2D eigenvalue weighted by molar-refractivity contribution is 0.402. The molecule has 1 fully saturated rings. The number of hydrogen-bond acceptors (Lipinski definition) is 2. The van der Waals surface area contributed by atoms with Crippen molar-refractivity contribution in [3.8, 4) is 0 Å². The number of rotatable bonds is 6. The van der Waals surface area contributed by atoms with Gasteiger partial charge in [0.05, 0.1) is 0 Å². The second kappa shape index (κ2) is 5.72. The van der Waals surface area contributed by atoms with Crippen molar-refractivity contribution >= 4 is 26.0 Å². The maximum atomic E-state index is 12.0. The summed E-state index contributed by atoms with van der Waals surface area (Å²) in [5, 5.41) is 0. The Morgan fingerprint density at radius 2 is 1.78 bits per heavy atom. The van der Waals surface area contributed by atoms with E-state index in [0.29, 0.717) is 6.54 Å². The van der Waals surface area contributed by atoms with Crippen LogP contribution in [0.15, 0.2) is 24.3 Å². The molecule has 1 aromatic rings. The molecule has 0 spiro atoms. The maximum absolute atomic E-state index is 12.0. The van der Waals surface area contributed by atoms with Crippen molar-refractivity contribution in [2.75, 3.05) is 4.66 Å². The Morgan fingerprint density at radius 3 is 2.22 bits per heavy atom. The van der Waals surface area contributed by atoms with Gasteiger partial charge in [0.25, 0.3) is 0 Å². The van der Waals surface area contributed by atoms with E-state index in [-0.39, 0.29) is 10.7 Å². The van der Waals surface area contributed by atoms with Crippen molar-refractivity contribution in [3.63, 3.8) is 0 Å². The van der Waals surface area contributed by atoms with Crippen LogP contribution >= 0.6 is 15.9 Å². The van der Waals surface area contributed by atoms with Crippen LogP contribution in [0.25, 0.3) is 0 Å². The number of hydrogen-bond donors (Lipinski definition) is 0. The fourth-order valence-corrected chi connectivity index (χ4v) is 3.87. The number of benzene rings is 1. The van der Waals surface area contributed by atoms with E-state index in [9.17, 15) is 8.42 Å². The van der Waals surface area contributed by atoms with Crippen molar-refractivity contribution in [1.82, 2.24) is 4.31 Å². The fourth-order valence-electron chi connectivity index (χ4n) is 1.94. The van der Waals surface area contributed by atoms with Crippen molar-refractivity contribution in [3.05, 3.63) is 35.4 Å². The third kappa shape index (κ3) is 3.33. The predicted molar refractivity (Wildman–Crippen MR) is 77.1 cm³/mol. The van der Waals surface area contributed by atoms with Gasteiger partial charge in [-0.2, -0.15) is 4.31 Å². The fraction of sp³-hybridized carbons (Fsp3) is 0.538. The summed E-state index contributed by atoms with van der Waals surface area (Å²) >= 11 is 3.07. The van der Waals surface area contributed by atoms with Gasteiger partial charge < -0.3 is 0 Å². The van der Waals surface area contributed by atoms with Crippen LogP contribution in [0.5, 0.6) is 0 Å². The zero-order valence-electron chi connectivity index (χ0n) is 10.5. The van der Waals surface area contributed by atoms with Gasteiger partial charge in [0.15, 0.2) is 0 Å². The van der Waals surface area contributed by atoms with E-state index in [1.54, 1.807) is 4.31 Å². The van der Waals surface area contributed by atoms with E-state index in [1.165, 1.54) is 5.56 Å². The van der Waals surface area contributed by atoms with Gasteiger partial charge in [-0.05, 0) is 30.4 Å². The van der Waals surface area contributed by atoms with Crippen LogP contribution in [-0.2, 0) is 23.0 Å². The average Bonchev–Trinajstić information content (AvgIpc) is 3.20. The second-order valence-electron chi connectivity index (χ2n) is 4.67. The van der Waals surface area contributed by atoms with E-state index >= 15 is 0 Å². The molecule has 1 aliphatic carbocycles. The number of sulfonamides is 1. The van der Waals surface area contributed by atoms with Crippen molar-refractivity contribution < 1.29 is 8.42 Å². The summed E-state index contributed by atoms with van der Waals surface area (Å²) in [6.07, 6.45) is 2.98. The molecule has 3 nitrogen and oxygen atoms in total. The van der Waals surface area contributed by atoms with Crippen molar-refractivity contribution in [1.29, 1.82) is 0 Å². The van der Waals surface area contributed by atoms with Crippen LogP contribution in [0.4, 0.5) is 0 Å². The highest BCUT2D eigenvalue weighted by Crippen LogP contribution is 2.31. The SMILES string of the molecule is CCc1ccc(CN(C2CC2)S(=O)(=O)CBr)cc1. The molecule has 0 radical (unpaired) electrons. The lowest BCUT2D eigenvalue weighted by Crippen LogP contribution is -2.33. The lowest BCUT2D eigenvalue weighted by Gasteiger charge is -2.20. The van der Waals surface area contributed by atoms with Gasteiger partial charge in [-0.15, -0.1) is 0 Å². The minimum Gasteiger partial charge on any atom is -0.211 e. The molecule has 18 heavy (non-hydrogen) atoms. The molecule has 0 heterocycles. The Bertz CT molecular complexity index is 494. The standard InChI is InChI=1S/C13H18BrNO2S/c1-2-11-3-5-12(6-4-11)9-15(13-7-8-13)18(16,17)10-14/h3-6,13H,2,7-10H2,1H3. The molecule has 0 bridgehead atoms. The van der Waals surface area contributed by atoms with Gasteiger partial charge in [-0.1, -0.05) is 47.1 Å². The predicted octanol–water partition coefficient (Wildman–Crippen LogP) is 2.90. The van der Waals surface area contributed by atoms with E-state index < -0.39 is 10.0 Å².